The first kappa shape index (κ1) is 33.2. The molecule has 0 spiro atoms. The number of hydrogen-bond acceptors (Lipinski definition) is 11. The van der Waals surface area contributed by atoms with Crippen molar-refractivity contribution in [2.75, 3.05) is 41.3 Å². The molecule has 43 heavy (non-hydrogen) atoms. The summed E-state index contributed by atoms with van der Waals surface area (Å²) in [7, 11) is 5.02. The number of methoxy groups -OCH3 is 3. The zero-order chi connectivity index (χ0) is 31.6. The molecule has 2 aliphatic heterocycles. The minimum Gasteiger partial charge on any atom is -0.497 e. The average molecular weight is 608 g/mol. The first-order valence-electron chi connectivity index (χ1n) is 13.4. The number of ether oxygens (including phenoxy) is 6. The van der Waals surface area contributed by atoms with E-state index in [1.807, 2.05) is 24.3 Å². The van der Waals surface area contributed by atoms with Crippen LogP contribution in [0, 0.1) is 0 Å². The van der Waals surface area contributed by atoms with Gasteiger partial charge < -0.3 is 48.8 Å². The Bertz CT molecular complexity index is 1260. The molecule has 1 atom stereocenters. The Labute approximate surface area is 248 Å². The molecule has 2 heterocycles. The van der Waals surface area contributed by atoms with Crippen LogP contribution >= 0.6 is 0 Å². The van der Waals surface area contributed by atoms with Gasteiger partial charge in [-0.3, -0.25) is 14.5 Å². The Balaban J connectivity index is 0.000000331. The quantitative estimate of drug-likeness (QED) is 0.245. The minimum atomic E-state index is -2.74. The van der Waals surface area contributed by atoms with Crippen molar-refractivity contribution < 1.29 is 63.2 Å². The minimum absolute atomic E-state index is 0.231. The number of carbonyl (C=O) groups is 3. The van der Waals surface area contributed by atoms with Crippen molar-refractivity contribution in [3.8, 4) is 28.7 Å². The van der Waals surface area contributed by atoms with Gasteiger partial charge in [0.15, 0.2) is 17.1 Å². The van der Waals surface area contributed by atoms with E-state index < -0.39 is 36.4 Å². The molecule has 2 aromatic carbocycles. The number of carboxylic acids is 3. The van der Waals surface area contributed by atoms with E-state index >= 15 is 0 Å². The molecule has 1 unspecified atom stereocenters. The van der Waals surface area contributed by atoms with Crippen molar-refractivity contribution in [1.29, 1.82) is 0 Å². The molecule has 14 heteroatoms. The fraction of sp³-hybridized carbons (Fsp3) is 0.483. The lowest BCUT2D eigenvalue weighted by Crippen LogP contribution is -2.42. The van der Waals surface area contributed by atoms with Crippen molar-refractivity contribution in [1.82, 2.24) is 4.90 Å². The predicted molar refractivity (Wildman–Crippen MR) is 149 cm³/mol. The molecule has 4 rings (SSSR count). The summed E-state index contributed by atoms with van der Waals surface area (Å²) < 4.78 is 33.6. The second kappa shape index (κ2) is 15.3. The van der Waals surface area contributed by atoms with Gasteiger partial charge in [0.1, 0.15) is 17.2 Å². The van der Waals surface area contributed by atoms with Crippen LogP contribution in [0.1, 0.15) is 36.8 Å². The van der Waals surface area contributed by atoms with E-state index in [0.29, 0.717) is 13.1 Å². The molecule has 0 bridgehead atoms. The SMILES string of the molecule is COc1ccc(CN(Cc2cc3c(cc2OC)OCO3)CC2CCCO2)c(OC)c1.O=C(O)CC(O)(CC(=O)O)C(=O)O. The molecule has 1 fully saturated rings. The van der Waals surface area contributed by atoms with Crippen LogP contribution in [0.25, 0.3) is 0 Å². The standard InChI is InChI=1S/C23H29NO6.C6H8O7/c1-25-18-7-6-16(20(10-18)26-2)12-24(14-19-5-4-8-28-19)13-17-9-22-23(30-15-29-22)11-21(17)27-3;7-3(8)1-6(13,5(11)12)2-4(9)10/h6-7,9-11,19H,4-5,8,12-15H2,1-3H3;13H,1-2H2,(H,7,8)(H,9,10)(H,11,12). The van der Waals surface area contributed by atoms with Gasteiger partial charge in [0.05, 0.1) is 40.3 Å². The van der Waals surface area contributed by atoms with Crippen LogP contribution in [0.4, 0.5) is 0 Å². The number of aliphatic hydroxyl groups is 1. The normalized spacial score (nSPS) is 15.4. The van der Waals surface area contributed by atoms with Gasteiger partial charge in [-0.05, 0) is 25.0 Å². The zero-order valence-corrected chi connectivity index (χ0v) is 24.2. The summed E-state index contributed by atoms with van der Waals surface area (Å²) in [4.78, 5) is 32.8. The van der Waals surface area contributed by atoms with Crippen LogP contribution in [-0.4, -0.2) is 96.2 Å². The highest BCUT2D eigenvalue weighted by atomic mass is 16.7. The largest absolute Gasteiger partial charge is 0.497 e. The van der Waals surface area contributed by atoms with Crippen molar-refractivity contribution >= 4 is 17.9 Å². The van der Waals surface area contributed by atoms with E-state index in [1.54, 1.807) is 21.3 Å². The molecule has 2 aliphatic rings. The lowest BCUT2D eigenvalue weighted by Gasteiger charge is -2.27. The third-order valence-electron chi connectivity index (χ3n) is 6.83. The first-order valence-corrected chi connectivity index (χ1v) is 13.4. The third-order valence-corrected chi connectivity index (χ3v) is 6.83. The van der Waals surface area contributed by atoms with Crippen LogP contribution in [0.2, 0.25) is 0 Å². The monoisotopic (exact) mass is 607 g/mol. The number of nitrogens with zero attached hydrogens (tertiary/aromatic N) is 1. The van der Waals surface area contributed by atoms with Crippen molar-refractivity contribution in [3.05, 3.63) is 41.5 Å². The highest BCUT2D eigenvalue weighted by molar-refractivity contribution is 5.88. The topological polar surface area (TPSA) is 191 Å². The van der Waals surface area contributed by atoms with Crippen molar-refractivity contribution in [2.24, 2.45) is 0 Å². The molecule has 0 aliphatic carbocycles. The lowest BCUT2D eigenvalue weighted by atomic mass is 9.96. The molecule has 2 aromatic rings. The average Bonchev–Trinajstić information content (AvgIpc) is 3.64. The van der Waals surface area contributed by atoms with Gasteiger partial charge in [-0.1, -0.05) is 6.07 Å². The van der Waals surface area contributed by atoms with E-state index in [0.717, 1.165) is 65.9 Å². The van der Waals surface area contributed by atoms with Gasteiger partial charge in [0, 0.05) is 49.5 Å². The molecule has 4 N–H and O–H groups in total. The maximum absolute atomic E-state index is 10.3. The molecule has 236 valence electrons. The summed E-state index contributed by atoms with van der Waals surface area (Å²) in [6.07, 6.45) is 0.129. The first-order chi connectivity index (χ1) is 20.5. The van der Waals surface area contributed by atoms with E-state index in [-0.39, 0.29) is 12.9 Å². The molecule has 14 nitrogen and oxygen atoms in total. The number of hydrogen-bond donors (Lipinski definition) is 4. The summed E-state index contributed by atoms with van der Waals surface area (Å²) in [6.45, 7) is 3.30. The maximum atomic E-state index is 10.3. The summed E-state index contributed by atoms with van der Waals surface area (Å²) in [5, 5.41) is 33.8. The van der Waals surface area contributed by atoms with Crippen LogP contribution in [0.15, 0.2) is 30.3 Å². The number of aliphatic carboxylic acids is 3. The molecule has 0 saturated carbocycles. The van der Waals surface area contributed by atoms with E-state index in [4.69, 9.17) is 48.8 Å². The van der Waals surface area contributed by atoms with Gasteiger partial charge in [-0.25, -0.2) is 4.79 Å². The number of rotatable bonds is 14. The van der Waals surface area contributed by atoms with Gasteiger partial charge in [-0.15, -0.1) is 0 Å². The van der Waals surface area contributed by atoms with Gasteiger partial charge in [-0.2, -0.15) is 0 Å². The Morgan fingerprint density at radius 1 is 0.884 bits per heavy atom. The van der Waals surface area contributed by atoms with Crippen molar-refractivity contribution in [3.63, 3.8) is 0 Å². The van der Waals surface area contributed by atoms with Gasteiger partial charge >= 0.3 is 17.9 Å². The highest BCUT2D eigenvalue weighted by Crippen LogP contribution is 2.39. The second-order valence-corrected chi connectivity index (χ2v) is 9.98. The smallest absolute Gasteiger partial charge is 0.336 e. The fourth-order valence-electron chi connectivity index (χ4n) is 4.72. The van der Waals surface area contributed by atoms with E-state index in [2.05, 4.69) is 11.0 Å². The number of fused-ring (bicyclic) bond motifs is 1. The maximum Gasteiger partial charge on any atom is 0.336 e. The van der Waals surface area contributed by atoms with E-state index in [9.17, 15) is 14.4 Å². The lowest BCUT2D eigenvalue weighted by molar-refractivity contribution is -0.170. The van der Waals surface area contributed by atoms with Crippen molar-refractivity contribution in [2.45, 2.75) is 50.5 Å². The molecule has 0 radical (unpaired) electrons. The molecule has 1 saturated heterocycles. The highest BCUT2D eigenvalue weighted by Gasteiger charge is 2.40. The molecular weight excluding hydrogens is 570 g/mol. The van der Waals surface area contributed by atoms with Gasteiger partial charge in [0.25, 0.3) is 0 Å². The van der Waals surface area contributed by atoms with Crippen LogP contribution < -0.4 is 23.7 Å². The Hall–Kier alpha value is -4.27. The zero-order valence-electron chi connectivity index (χ0n) is 24.2. The summed E-state index contributed by atoms with van der Waals surface area (Å²) >= 11 is 0. The van der Waals surface area contributed by atoms with Crippen LogP contribution in [0.3, 0.4) is 0 Å². The van der Waals surface area contributed by atoms with Crippen LogP contribution in [0.5, 0.6) is 28.7 Å². The Morgan fingerprint density at radius 2 is 1.49 bits per heavy atom. The van der Waals surface area contributed by atoms with E-state index in [1.165, 1.54) is 0 Å². The summed E-state index contributed by atoms with van der Waals surface area (Å²) in [6, 6.07) is 9.84. The fourth-order valence-corrected chi connectivity index (χ4v) is 4.72. The van der Waals surface area contributed by atoms with Gasteiger partial charge in [0.2, 0.25) is 6.79 Å². The Morgan fingerprint density at radius 3 is 2.02 bits per heavy atom. The summed E-state index contributed by atoms with van der Waals surface area (Å²) in [5.74, 6) is -1.17. The van der Waals surface area contributed by atoms with Crippen LogP contribution in [-0.2, 0) is 32.2 Å². The number of benzene rings is 2. The molecular formula is C29H37NO13. The molecule has 0 amide bonds. The summed E-state index contributed by atoms with van der Waals surface area (Å²) in [5.41, 5.74) is -0.597. The molecule has 0 aromatic heterocycles. The second-order valence-electron chi connectivity index (χ2n) is 9.98. The third kappa shape index (κ3) is 9.36. The predicted octanol–water partition coefficient (Wildman–Crippen LogP) is 2.37. The Kier molecular flexibility index (Phi) is 11.8. The number of carboxylic acid groups (broad SMARTS) is 3.